The van der Waals surface area contributed by atoms with Gasteiger partial charge in [-0.05, 0) is 30.9 Å². The fourth-order valence-corrected chi connectivity index (χ4v) is 3.06. The summed E-state index contributed by atoms with van der Waals surface area (Å²) < 4.78 is 0. The van der Waals surface area contributed by atoms with Crippen molar-refractivity contribution in [2.75, 3.05) is 6.54 Å². The molecule has 1 heteroatoms. The molecule has 1 aromatic carbocycles. The maximum atomic E-state index is 7.21. The van der Waals surface area contributed by atoms with Gasteiger partial charge in [0, 0.05) is 0 Å². The molecule has 0 atom stereocenters. The second-order valence-corrected chi connectivity index (χ2v) is 4.97. The molecule has 1 saturated carbocycles. The molecule has 2 rings (SSSR count). The summed E-state index contributed by atoms with van der Waals surface area (Å²) >= 11 is 0. The lowest BCUT2D eigenvalue weighted by molar-refractivity contribution is 0.312. The van der Waals surface area contributed by atoms with Crippen LogP contribution in [0.25, 0.3) is 4.85 Å². The van der Waals surface area contributed by atoms with Crippen molar-refractivity contribution in [3.05, 3.63) is 46.8 Å². The normalized spacial score (nSPS) is 19.0. The minimum absolute atomic E-state index is 0.158. The van der Waals surface area contributed by atoms with Crippen LogP contribution in [0.4, 0.5) is 0 Å². The molecule has 1 fully saturated rings. The monoisotopic (exact) mass is 213 g/mol. The van der Waals surface area contributed by atoms with Crippen LogP contribution in [-0.4, -0.2) is 6.54 Å². The van der Waals surface area contributed by atoms with Gasteiger partial charge in [0.1, 0.15) is 0 Å². The Morgan fingerprint density at radius 2 is 1.88 bits per heavy atom. The molecule has 0 spiro atoms. The van der Waals surface area contributed by atoms with Crippen LogP contribution in [0, 0.1) is 13.5 Å². The summed E-state index contributed by atoms with van der Waals surface area (Å²) in [5.74, 6) is 0. The fourth-order valence-electron chi connectivity index (χ4n) is 3.06. The molecule has 1 aliphatic rings. The lowest BCUT2D eigenvalue weighted by atomic mass is 9.68. The van der Waals surface area contributed by atoms with Gasteiger partial charge in [0.2, 0.25) is 6.54 Å². The lowest BCUT2D eigenvalue weighted by Crippen LogP contribution is -2.32. The first-order chi connectivity index (χ1) is 7.78. The van der Waals surface area contributed by atoms with E-state index in [1.165, 1.54) is 43.2 Å². The highest BCUT2D eigenvalue weighted by Gasteiger charge is 2.37. The van der Waals surface area contributed by atoms with Gasteiger partial charge in [-0.25, -0.2) is 6.57 Å². The van der Waals surface area contributed by atoms with E-state index in [2.05, 4.69) is 36.0 Å². The number of hydrogen-bond acceptors (Lipinski definition) is 0. The van der Waals surface area contributed by atoms with Crippen molar-refractivity contribution < 1.29 is 0 Å². The van der Waals surface area contributed by atoms with Crippen LogP contribution in [-0.2, 0) is 5.41 Å². The molecule has 1 aliphatic carbocycles. The van der Waals surface area contributed by atoms with Crippen molar-refractivity contribution in [3.63, 3.8) is 0 Å². The summed E-state index contributed by atoms with van der Waals surface area (Å²) in [6, 6.07) is 8.61. The Hall–Kier alpha value is -1.29. The van der Waals surface area contributed by atoms with Crippen molar-refractivity contribution >= 4 is 0 Å². The van der Waals surface area contributed by atoms with Gasteiger partial charge in [0.05, 0.1) is 5.41 Å². The molecule has 1 nitrogen and oxygen atoms in total. The molecule has 0 amide bonds. The first-order valence-corrected chi connectivity index (χ1v) is 6.18. The van der Waals surface area contributed by atoms with Gasteiger partial charge in [0.15, 0.2) is 0 Å². The molecule has 1 aromatic rings. The first kappa shape index (κ1) is 11.2. The largest absolute Gasteiger partial charge is 0.316 e. The Kier molecular flexibility index (Phi) is 3.29. The molecule has 0 aliphatic heterocycles. The minimum atomic E-state index is 0.158. The molecule has 0 aromatic heterocycles. The van der Waals surface area contributed by atoms with Gasteiger partial charge in [0.25, 0.3) is 0 Å². The van der Waals surface area contributed by atoms with Gasteiger partial charge in [-0.15, -0.1) is 0 Å². The summed E-state index contributed by atoms with van der Waals surface area (Å²) in [6.07, 6.45) is 6.29. The highest BCUT2D eigenvalue weighted by atomic mass is 14.7. The fraction of sp³-hybridized carbons (Fsp3) is 0.533. The Bertz CT molecular complexity index is 394. The molecular weight excluding hydrogens is 194 g/mol. The van der Waals surface area contributed by atoms with Crippen molar-refractivity contribution in [1.82, 2.24) is 0 Å². The first-order valence-electron chi connectivity index (χ1n) is 6.18. The van der Waals surface area contributed by atoms with Gasteiger partial charge >= 0.3 is 0 Å². The second-order valence-electron chi connectivity index (χ2n) is 4.97. The summed E-state index contributed by atoms with van der Waals surface area (Å²) in [5, 5.41) is 0. The third kappa shape index (κ3) is 1.97. The quantitative estimate of drug-likeness (QED) is 0.651. The zero-order chi connectivity index (χ0) is 11.4. The topological polar surface area (TPSA) is 4.36 Å². The number of rotatable bonds is 2. The predicted molar refractivity (Wildman–Crippen MR) is 67.4 cm³/mol. The molecule has 0 unspecified atom stereocenters. The van der Waals surface area contributed by atoms with E-state index in [1.54, 1.807) is 0 Å². The standard InChI is InChI=1S/C15H19N/c1-13-8-4-5-9-14(13)15(12-16-2)10-6-3-7-11-15/h4-5,8-9H,3,6-7,10-12H2,1H3. The second kappa shape index (κ2) is 4.70. The molecule has 0 saturated heterocycles. The summed E-state index contributed by atoms with van der Waals surface area (Å²) in [4.78, 5) is 3.70. The SMILES string of the molecule is [C-]#[N+]CC1(c2ccccc2C)CCCCC1. The van der Waals surface area contributed by atoms with Gasteiger partial charge in [-0.3, -0.25) is 0 Å². The molecule has 0 bridgehead atoms. The maximum Gasteiger partial charge on any atom is 0.224 e. The van der Waals surface area contributed by atoms with Crippen LogP contribution < -0.4 is 0 Å². The van der Waals surface area contributed by atoms with E-state index in [9.17, 15) is 0 Å². The van der Waals surface area contributed by atoms with Gasteiger partial charge in [-0.1, -0.05) is 43.5 Å². The zero-order valence-electron chi connectivity index (χ0n) is 10.00. The molecule has 0 N–H and O–H groups in total. The number of hydrogen-bond donors (Lipinski definition) is 0. The van der Waals surface area contributed by atoms with Crippen LogP contribution in [0.2, 0.25) is 0 Å². The number of benzene rings is 1. The van der Waals surface area contributed by atoms with E-state index in [-0.39, 0.29) is 5.41 Å². The van der Waals surface area contributed by atoms with E-state index in [1.807, 2.05) is 0 Å². The molecule has 84 valence electrons. The average Bonchev–Trinajstić information content (AvgIpc) is 2.31. The van der Waals surface area contributed by atoms with Crippen molar-refractivity contribution in [2.45, 2.75) is 44.4 Å². The third-order valence-electron chi connectivity index (χ3n) is 3.91. The Morgan fingerprint density at radius 3 is 2.50 bits per heavy atom. The smallest absolute Gasteiger partial charge is 0.224 e. The van der Waals surface area contributed by atoms with Crippen LogP contribution in [0.5, 0.6) is 0 Å². The van der Waals surface area contributed by atoms with Gasteiger partial charge < -0.3 is 4.85 Å². The Balaban J connectivity index is 2.39. The number of nitrogens with zero attached hydrogens (tertiary/aromatic N) is 1. The molecule has 16 heavy (non-hydrogen) atoms. The maximum absolute atomic E-state index is 7.21. The number of aryl methyl sites for hydroxylation is 1. The van der Waals surface area contributed by atoms with E-state index in [0.717, 1.165) is 0 Å². The van der Waals surface area contributed by atoms with Crippen molar-refractivity contribution in [3.8, 4) is 0 Å². The minimum Gasteiger partial charge on any atom is -0.316 e. The molecule has 0 heterocycles. The van der Waals surface area contributed by atoms with Crippen LogP contribution in [0.15, 0.2) is 24.3 Å². The predicted octanol–water partition coefficient (Wildman–Crippen LogP) is 4.12. The zero-order valence-corrected chi connectivity index (χ0v) is 10.00. The van der Waals surface area contributed by atoms with Gasteiger partial charge in [-0.2, -0.15) is 0 Å². The van der Waals surface area contributed by atoms with Crippen molar-refractivity contribution in [1.29, 1.82) is 0 Å². The highest BCUT2D eigenvalue weighted by Crippen LogP contribution is 2.41. The average molecular weight is 213 g/mol. The summed E-state index contributed by atoms with van der Waals surface area (Å²) in [7, 11) is 0. The van der Waals surface area contributed by atoms with Crippen LogP contribution in [0.1, 0.15) is 43.2 Å². The Morgan fingerprint density at radius 1 is 1.19 bits per heavy atom. The van der Waals surface area contributed by atoms with Crippen LogP contribution >= 0.6 is 0 Å². The van der Waals surface area contributed by atoms with E-state index >= 15 is 0 Å². The van der Waals surface area contributed by atoms with E-state index < -0.39 is 0 Å². The van der Waals surface area contributed by atoms with Crippen LogP contribution in [0.3, 0.4) is 0 Å². The molecular formula is C15H19N. The highest BCUT2D eigenvalue weighted by molar-refractivity contribution is 5.35. The van der Waals surface area contributed by atoms with E-state index in [0.29, 0.717) is 6.54 Å². The lowest BCUT2D eigenvalue weighted by Gasteiger charge is -2.34. The molecule has 0 radical (unpaired) electrons. The van der Waals surface area contributed by atoms with E-state index in [4.69, 9.17) is 6.57 Å². The summed E-state index contributed by atoms with van der Waals surface area (Å²) in [6.45, 7) is 10.0. The third-order valence-corrected chi connectivity index (χ3v) is 3.91. The van der Waals surface area contributed by atoms with Crippen molar-refractivity contribution in [2.24, 2.45) is 0 Å². The Labute approximate surface area is 98.3 Å². The summed E-state index contributed by atoms with van der Waals surface area (Å²) in [5.41, 5.74) is 2.93.